The Morgan fingerprint density at radius 3 is 2.82 bits per heavy atom. The van der Waals surface area contributed by atoms with Crippen LogP contribution in [0.3, 0.4) is 0 Å². The van der Waals surface area contributed by atoms with Gasteiger partial charge in [0.05, 0.1) is 6.54 Å². The Morgan fingerprint density at radius 1 is 1.47 bits per heavy atom. The van der Waals surface area contributed by atoms with Crippen molar-refractivity contribution >= 4 is 17.3 Å². The summed E-state index contributed by atoms with van der Waals surface area (Å²) >= 11 is 1.56. The number of thiophene rings is 1. The van der Waals surface area contributed by atoms with Gasteiger partial charge in [-0.25, -0.2) is 4.79 Å². The molecule has 0 unspecified atom stereocenters. The van der Waals surface area contributed by atoms with Crippen molar-refractivity contribution in [2.75, 3.05) is 0 Å². The zero-order valence-electron chi connectivity index (χ0n) is 9.21. The highest BCUT2D eigenvalue weighted by molar-refractivity contribution is 7.10. The molecule has 88 valence electrons. The van der Waals surface area contributed by atoms with Gasteiger partial charge in [-0.05, 0) is 36.1 Å². The lowest BCUT2D eigenvalue weighted by atomic mass is 10.2. The molecular formula is C12H11NO3S. The molecular weight excluding hydrogens is 238 g/mol. The van der Waals surface area contributed by atoms with Crippen LogP contribution in [0.25, 0.3) is 0 Å². The van der Waals surface area contributed by atoms with E-state index in [1.54, 1.807) is 23.6 Å². The minimum absolute atomic E-state index is 0.193. The van der Waals surface area contributed by atoms with Gasteiger partial charge >= 0.3 is 5.97 Å². The Hall–Kier alpha value is -1.88. The van der Waals surface area contributed by atoms with Gasteiger partial charge in [0, 0.05) is 11.1 Å². The number of carboxylic acid groups (broad SMARTS) is 1. The lowest BCUT2D eigenvalue weighted by molar-refractivity contribution is 0.0694. The maximum Gasteiger partial charge on any atom is 0.341 e. The molecule has 2 aromatic rings. The standard InChI is InChI=1S/C12H11NO3S/c1-8-4-6-17-10(8)7-13-5-2-3-9(11(13)14)12(15)16/h2-6H,7H2,1H3,(H,15,16). The minimum atomic E-state index is -1.19. The molecule has 0 radical (unpaired) electrons. The fourth-order valence-electron chi connectivity index (χ4n) is 1.54. The maximum atomic E-state index is 11.8. The summed E-state index contributed by atoms with van der Waals surface area (Å²) in [7, 11) is 0. The van der Waals surface area contributed by atoms with Crippen LogP contribution in [0, 0.1) is 6.92 Å². The van der Waals surface area contributed by atoms with Gasteiger partial charge in [0.1, 0.15) is 5.56 Å². The molecule has 0 atom stereocenters. The number of hydrogen-bond acceptors (Lipinski definition) is 3. The largest absolute Gasteiger partial charge is 0.477 e. The summed E-state index contributed by atoms with van der Waals surface area (Å²) in [4.78, 5) is 23.7. The highest BCUT2D eigenvalue weighted by Crippen LogP contribution is 2.16. The number of hydrogen-bond donors (Lipinski definition) is 1. The number of aromatic nitrogens is 1. The third kappa shape index (κ3) is 2.29. The Labute approximate surface area is 102 Å². The second kappa shape index (κ2) is 4.55. The third-order valence-corrected chi connectivity index (χ3v) is 3.54. The lowest BCUT2D eigenvalue weighted by Crippen LogP contribution is -2.25. The summed E-state index contributed by atoms with van der Waals surface area (Å²) in [6.45, 7) is 2.39. The molecule has 17 heavy (non-hydrogen) atoms. The number of aromatic carboxylic acids is 1. The molecule has 2 heterocycles. The SMILES string of the molecule is Cc1ccsc1Cn1cccc(C(=O)O)c1=O. The van der Waals surface area contributed by atoms with E-state index in [0.29, 0.717) is 6.54 Å². The van der Waals surface area contributed by atoms with E-state index in [9.17, 15) is 9.59 Å². The molecule has 5 heteroatoms. The number of rotatable bonds is 3. The van der Waals surface area contributed by atoms with Gasteiger partial charge in [-0.1, -0.05) is 0 Å². The predicted molar refractivity (Wildman–Crippen MR) is 65.8 cm³/mol. The number of aryl methyl sites for hydroxylation is 1. The molecule has 0 aromatic carbocycles. The normalized spacial score (nSPS) is 10.4. The molecule has 0 aliphatic heterocycles. The van der Waals surface area contributed by atoms with E-state index in [1.165, 1.54) is 10.6 Å². The van der Waals surface area contributed by atoms with Crippen LogP contribution < -0.4 is 5.56 Å². The van der Waals surface area contributed by atoms with E-state index in [-0.39, 0.29) is 5.56 Å². The topological polar surface area (TPSA) is 59.3 Å². The molecule has 0 saturated carbocycles. The van der Waals surface area contributed by atoms with E-state index in [1.807, 2.05) is 18.4 Å². The Kier molecular flexibility index (Phi) is 3.10. The summed E-state index contributed by atoms with van der Waals surface area (Å²) in [6.07, 6.45) is 1.61. The van der Waals surface area contributed by atoms with Crippen molar-refractivity contribution in [2.24, 2.45) is 0 Å². The highest BCUT2D eigenvalue weighted by Gasteiger charge is 2.11. The summed E-state index contributed by atoms with van der Waals surface area (Å²) in [5, 5.41) is 10.8. The zero-order valence-corrected chi connectivity index (χ0v) is 10.0. The lowest BCUT2D eigenvalue weighted by Gasteiger charge is -2.05. The monoisotopic (exact) mass is 249 g/mol. The van der Waals surface area contributed by atoms with Gasteiger partial charge in [0.15, 0.2) is 0 Å². The maximum absolute atomic E-state index is 11.8. The second-order valence-corrected chi connectivity index (χ2v) is 4.69. The van der Waals surface area contributed by atoms with Crippen LogP contribution in [-0.4, -0.2) is 15.6 Å². The van der Waals surface area contributed by atoms with E-state index < -0.39 is 11.5 Å². The van der Waals surface area contributed by atoms with Gasteiger partial charge < -0.3 is 9.67 Å². The number of nitrogens with zero attached hydrogens (tertiary/aromatic N) is 1. The molecule has 2 rings (SSSR count). The van der Waals surface area contributed by atoms with E-state index in [4.69, 9.17) is 5.11 Å². The number of carboxylic acids is 1. The minimum Gasteiger partial charge on any atom is -0.477 e. The van der Waals surface area contributed by atoms with Crippen LogP contribution in [0.2, 0.25) is 0 Å². The summed E-state index contributed by atoms with van der Waals surface area (Å²) in [5.74, 6) is -1.19. The summed E-state index contributed by atoms with van der Waals surface area (Å²) in [6, 6.07) is 4.88. The van der Waals surface area contributed by atoms with Gasteiger partial charge in [0.2, 0.25) is 0 Å². The van der Waals surface area contributed by atoms with E-state index in [2.05, 4.69) is 0 Å². The fraction of sp³-hybridized carbons (Fsp3) is 0.167. The highest BCUT2D eigenvalue weighted by atomic mass is 32.1. The first-order chi connectivity index (χ1) is 8.09. The van der Waals surface area contributed by atoms with Gasteiger partial charge in [-0.15, -0.1) is 11.3 Å². The van der Waals surface area contributed by atoms with Crippen LogP contribution >= 0.6 is 11.3 Å². The average Bonchev–Trinajstić information content (AvgIpc) is 2.67. The van der Waals surface area contributed by atoms with Crippen molar-refractivity contribution < 1.29 is 9.90 Å². The number of carbonyl (C=O) groups is 1. The molecule has 0 aliphatic carbocycles. The molecule has 0 bridgehead atoms. The van der Waals surface area contributed by atoms with Gasteiger partial charge in [0.25, 0.3) is 5.56 Å². The van der Waals surface area contributed by atoms with Crippen LogP contribution in [0.5, 0.6) is 0 Å². The van der Waals surface area contributed by atoms with Crippen LogP contribution in [0.1, 0.15) is 20.8 Å². The van der Waals surface area contributed by atoms with Crippen molar-refractivity contribution in [1.82, 2.24) is 4.57 Å². The van der Waals surface area contributed by atoms with Gasteiger partial charge in [-0.2, -0.15) is 0 Å². The predicted octanol–water partition coefficient (Wildman–Crippen LogP) is 1.96. The molecule has 2 aromatic heterocycles. The summed E-state index contributed by atoms with van der Waals surface area (Å²) < 4.78 is 1.42. The van der Waals surface area contributed by atoms with Crippen molar-refractivity contribution in [1.29, 1.82) is 0 Å². The van der Waals surface area contributed by atoms with E-state index in [0.717, 1.165) is 10.4 Å². The zero-order chi connectivity index (χ0) is 12.4. The van der Waals surface area contributed by atoms with Crippen LogP contribution in [0.15, 0.2) is 34.6 Å². The molecule has 0 amide bonds. The molecule has 0 spiro atoms. The first-order valence-corrected chi connectivity index (χ1v) is 5.93. The molecule has 0 aliphatic rings. The molecule has 1 N–H and O–H groups in total. The van der Waals surface area contributed by atoms with Crippen LogP contribution in [0.4, 0.5) is 0 Å². The van der Waals surface area contributed by atoms with Crippen molar-refractivity contribution in [3.63, 3.8) is 0 Å². The smallest absolute Gasteiger partial charge is 0.341 e. The van der Waals surface area contributed by atoms with Crippen molar-refractivity contribution in [2.45, 2.75) is 13.5 Å². The number of pyridine rings is 1. The second-order valence-electron chi connectivity index (χ2n) is 3.69. The average molecular weight is 249 g/mol. The molecule has 0 saturated heterocycles. The Bertz CT molecular complexity index is 612. The summed E-state index contributed by atoms with van der Waals surface area (Å²) in [5.41, 5.74) is 0.456. The molecule has 4 nitrogen and oxygen atoms in total. The Balaban J connectivity index is 2.41. The van der Waals surface area contributed by atoms with Crippen molar-refractivity contribution in [3.8, 4) is 0 Å². The quantitative estimate of drug-likeness (QED) is 0.904. The van der Waals surface area contributed by atoms with Crippen molar-refractivity contribution in [3.05, 3.63) is 56.1 Å². The molecule has 0 fully saturated rings. The first kappa shape index (κ1) is 11.6. The first-order valence-electron chi connectivity index (χ1n) is 5.05. The fourth-order valence-corrected chi connectivity index (χ4v) is 2.45. The Morgan fingerprint density at radius 2 is 2.24 bits per heavy atom. The van der Waals surface area contributed by atoms with Gasteiger partial charge in [-0.3, -0.25) is 4.79 Å². The third-order valence-electron chi connectivity index (χ3n) is 2.53. The van der Waals surface area contributed by atoms with Crippen LogP contribution in [-0.2, 0) is 6.54 Å². The van der Waals surface area contributed by atoms with E-state index >= 15 is 0 Å².